The number of hydrogen-bond donors (Lipinski definition) is 0. The maximum absolute atomic E-state index is 13.5. The Bertz CT molecular complexity index is 881. The van der Waals surface area contributed by atoms with Crippen LogP contribution in [0.5, 0.6) is 0 Å². The molecule has 7 heteroatoms. The zero-order chi connectivity index (χ0) is 18.0. The number of nitrogens with zero attached hydrogens (tertiary/aromatic N) is 3. The summed E-state index contributed by atoms with van der Waals surface area (Å²) in [6, 6.07) is 9.50. The van der Waals surface area contributed by atoms with Gasteiger partial charge in [-0.05, 0) is 37.3 Å². The normalized spacial score (nSPS) is 14.4. The first-order valence-electron chi connectivity index (χ1n) is 7.52. The van der Waals surface area contributed by atoms with Crippen LogP contribution >= 0.6 is 11.6 Å². The molecule has 0 amide bonds. The lowest BCUT2D eigenvalue weighted by Gasteiger charge is -2.31. The van der Waals surface area contributed by atoms with Crippen LogP contribution in [0, 0.1) is 5.82 Å². The van der Waals surface area contributed by atoms with Crippen molar-refractivity contribution in [2.45, 2.75) is 6.92 Å². The van der Waals surface area contributed by atoms with E-state index < -0.39 is 11.8 Å². The number of amidine groups is 1. The Labute approximate surface area is 149 Å². The van der Waals surface area contributed by atoms with Crippen LogP contribution in [0.3, 0.4) is 0 Å². The molecule has 0 radical (unpaired) electrons. The van der Waals surface area contributed by atoms with E-state index in [1.165, 1.54) is 19.2 Å². The lowest BCUT2D eigenvalue weighted by Crippen LogP contribution is -2.37. The standard InChI is InChI=1S/C18H15ClFN3O2/c1-11-13(18(24)25-2)10-22-17(15-5-3-4-8-21-15)23(11)16-7-6-12(20)9-14(16)19/h3-9H,10H2,1-2H3. The van der Waals surface area contributed by atoms with Crippen molar-refractivity contribution in [1.29, 1.82) is 0 Å². The van der Waals surface area contributed by atoms with Crippen molar-refractivity contribution in [3.05, 3.63) is 70.4 Å². The van der Waals surface area contributed by atoms with E-state index in [0.29, 0.717) is 28.5 Å². The first-order valence-corrected chi connectivity index (χ1v) is 7.90. The highest BCUT2D eigenvalue weighted by Crippen LogP contribution is 2.33. The molecule has 2 heterocycles. The molecule has 1 aromatic heterocycles. The Hall–Kier alpha value is -2.73. The molecule has 0 saturated carbocycles. The number of esters is 1. The number of carbonyl (C=O) groups is 1. The van der Waals surface area contributed by atoms with Crippen molar-refractivity contribution in [3.63, 3.8) is 0 Å². The van der Waals surface area contributed by atoms with E-state index in [1.807, 2.05) is 6.07 Å². The minimum absolute atomic E-state index is 0.166. The number of benzene rings is 1. The summed E-state index contributed by atoms with van der Waals surface area (Å²) in [4.78, 5) is 22.6. The zero-order valence-electron chi connectivity index (χ0n) is 13.7. The molecule has 2 aromatic rings. The van der Waals surface area contributed by atoms with Gasteiger partial charge in [-0.2, -0.15) is 0 Å². The van der Waals surface area contributed by atoms with Crippen LogP contribution in [0.15, 0.2) is 58.9 Å². The molecule has 0 spiro atoms. The van der Waals surface area contributed by atoms with Gasteiger partial charge in [0.05, 0.1) is 29.9 Å². The monoisotopic (exact) mass is 359 g/mol. The van der Waals surface area contributed by atoms with Crippen LogP contribution in [0.1, 0.15) is 12.6 Å². The maximum Gasteiger partial charge on any atom is 0.337 e. The summed E-state index contributed by atoms with van der Waals surface area (Å²) < 4.78 is 18.3. The largest absolute Gasteiger partial charge is 0.466 e. The summed E-state index contributed by atoms with van der Waals surface area (Å²) in [6.45, 7) is 1.93. The van der Waals surface area contributed by atoms with Gasteiger partial charge in [-0.25, -0.2) is 9.18 Å². The highest BCUT2D eigenvalue weighted by atomic mass is 35.5. The Morgan fingerprint density at radius 1 is 1.32 bits per heavy atom. The second-order valence-corrected chi connectivity index (χ2v) is 5.75. The summed E-state index contributed by atoms with van der Waals surface area (Å²) in [6.07, 6.45) is 1.65. The van der Waals surface area contributed by atoms with Crippen molar-refractivity contribution in [2.75, 3.05) is 18.6 Å². The molecule has 5 nitrogen and oxygen atoms in total. The van der Waals surface area contributed by atoms with Crippen molar-refractivity contribution in [2.24, 2.45) is 4.99 Å². The molecule has 0 aliphatic carbocycles. The first kappa shape index (κ1) is 17.1. The number of aliphatic imine (C=N–C) groups is 1. The average Bonchev–Trinajstić information content (AvgIpc) is 2.62. The van der Waals surface area contributed by atoms with Crippen molar-refractivity contribution >= 4 is 29.1 Å². The van der Waals surface area contributed by atoms with Crippen molar-refractivity contribution in [1.82, 2.24) is 4.98 Å². The molecule has 25 heavy (non-hydrogen) atoms. The molecule has 1 aromatic carbocycles. The number of ether oxygens (including phenoxy) is 1. The van der Waals surface area contributed by atoms with Crippen LogP contribution in [-0.2, 0) is 9.53 Å². The molecule has 0 saturated heterocycles. The summed E-state index contributed by atoms with van der Waals surface area (Å²) in [5, 5.41) is 0.203. The Morgan fingerprint density at radius 3 is 2.76 bits per heavy atom. The number of carbonyl (C=O) groups excluding carboxylic acids is 1. The molecule has 0 atom stereocenters. The van der Waals surface area contributed by atoms with Gasteiger partial charge in [0.15, 0.2) is 5.84 Å². The van der Waals surface area contributed by atoms with Gasteiger partial charge in [-0.15, -0.1) is 0 Å². The number of anilines is 1. The quantitative estimate of drug-likeness (QED) is 0.786. The smallest absolute Gasteiger partial charge is 0.337 e. The summed E-state index contributed by atoms with van der Waals surface area (Å²) >= 11 is 6.25. The Balaban J connectivity index is 2.17. The van der Waals surface area contributed by atoms with Crippen LogP contribution in [0.2, 0.25) is 5.02 Å². The van der Waals surface area contributed by atoms with Gasteiger partial charge in [0, 0.05) is 11.9 Å². The third-order valence-corrected chi connectivity index (χ3v) is 4.15. The number of aromatic nitrogens is 1. The second kappa shape index (κ2) is 7.03. The third-order valence-electron chi connectivity index (χ3n) is 3.85. The molecule has 0 bridgehead atoms. The molecule has 0 N–H and O–H groups in total. The molecular formula is C18H15ClFN3O2. The fraction of sp³-hybridized carbons (Fsp3) is 0.167. The van der Waals surface area contributed by atoms with Gasteiger partial charge >= 0.3 is 5.97 Å². The topological polar surface area (TPSA) is 54.8 Å². The van der Waals surface area contributed by atoms with E-state index in [1.54, 1.807) is 36.2 Å². The number of allylic oxidation sites excluding steroid dienone is 1. The third kappa shape index (κ3) is 3.25. The minimum atomic E-state index is -0.468. The summed E-state index contributed by atoms with van der Waals surface area (Å²) in [5.74, 6) is -0.388. The molecule has 1 aliphatic heterocycles. The van der Waals surface area contributed by atoms with Gasteiger partial charge in [-0.1, -0.05) is 17.7 Å². The van der Waals surface area contributed by atoms with E-state index in [9.17, 15) is 9.18 Å². The van der Waals surface area contributed by atoms with E-state index in [2.05, 4.69) is 9.98 Å². The van der Waals surface area contributed by atoms with Crippen molar-refractivity contribution in [3.8, 4) is 0 Å². The minimum Gasteiger partial charge on any atom is -0.466 e. The summed E-state index contributed by atoms with van der Waals surface area (Å²) in [5.41, 5.74) is 2.14. The zero-order valence-corrected chi connectivity index (χ0v) is 14.4. The van der Waals surface area contributed by atoms with Crippen LogP contribution < -0.4 is 4.90 Å². The lowest BCUT2D eigenvalue weighted by molar-refractivity contribution is -0.136. The van der Waals surface area contributed by atoms with Crippen LogP contribution in [-0.4, -0.2) is 30.4 Å². The van der Waals surface area contributed by atoms with E-state index >= 15 is 0 Å². The number of halogens is 2. The predicted molar refractivity (Wildman–Crippen MR) is 94.2 cm³/mol. The fourth-order valence-corrected chi connectivity index (χ4v) is 2.87. The highest BCUT2D eigenvalue weighted by Gasteiger charge is 2.29. The average molecular weight is 360 g/mol. The number of rotatable bonds is 3. The fourth-order valence-electron chi connectivity index (χ4n) is 2.62. The molecule has 3 rings (SSSR count). The first-order chi connectivity index (χ1) is 12.0. The second-order valence-electron chi connectivity index (χ2n) is 5.34. The number of methoxy groups -OCH3 is 1. The number of pyridine rings is 1. The maximum atomic E-state index is 13.5. The van der Waals surface area contributed by atoms with Crippen LogP contribution in [0.25, 0.3) is 0 Å². The Morgan fingerprint density at radius 2 is 2.12 bits per heavy atom. The van der Waals surface area contributed by atoms with E-state index in [4.69, 9.17) is 16.3 Å². The van der Waals surface area contributed by atoms with Gasteiger partial charge in [0.25, 0.3) is 0 Å². The lowest BCUT2D eigenvalue weighted by atomic mass is 10.1. The molecule has 0 fully saturated rings. The summed E-state index contributed by atoms with van der Waals surface area (Å²) in [7, 11) is 1.32. The van der Waals surface area contributed by atoms with Gasteiger partial charge < -0.3 is 4.74 Å². The predicted octanol–water partition coefficient (Wildman–Crippen LogP) is 3.59. The van der Waals surface area contributed by atoms with Gasteiger partial charge in [-0.3, -0.25) is 14.9 Å². The SMILES string of the molecule is COC(=O)C1=C(C)N(c2ccc(F)cc2Cl)C(c2ccccn2)=NC1. The van der Waals surface area contributed by atoms with Crippen molar-refractivity contribution < 1.29 is 13.9 Å². The van der Waals surface area contributed by atoms with Crippen LogP contribution in [0.4, 0.5) is 10.1 Å². The molecular weight excluding hydrogens is 345 g/mol. The van der Waals surface area contributed by atoms with E-state index in [-0.39, 0.29) is 11.6 Å². The van der Waals surface area contributed by atoms with Gasteiger partial charge in [0.2, 0.25) is 0 Å². The van der Waals surface area contributed by atoms with Gasteiger partial charge in [0.1, 0.15) is 11.5 Å². The Kier molecular flexibility index (Phi) is 4.81. The highest BCUT2D eigenvalue weighted by molar-refractivity contribution is 6.34. The molecule has 1 aliphatic rings. The molecule has 128 valence electrons. The van der Waals surface area contributed by atoms with E-state index in [0.717, 1.165) is 0 Å². The molecule has 0 unspecified atom stereocenters. The number of hydrogen-bond acceptors (Lipinski definition) is 5.